The molecule has 0 radical (unpaired) electrons. The number of carbonyl (C=O) groups is 1. The van der Waals surface area contributed by atoms with Crippen LogP contribution in [-0.2, 0) is 4.74 Å². The van der Waals surface area contributed by atoms with Gasteiger partial charge in [-0.15, -0.1) is 0 Å². The van der Waals surface area contributed by atoms with Crippen LogP contribution < -0.4 is 0 Å². The van der Waals surface area contributed by atoms with E-state index >= 15 is 0 Å². The zero-order valence-electron chi connectivity index (χ0n) is 12.3. The first kappa shape index (κ1) is 17.2. The summed E-state index contributed by atoms with van der Waals surface area (Å²) in [5.41, 5.74) is 0.581. The van der Waals surface area contributed by atoms with Gasteiger partial charge in [0.05, 0.1) is 5.56 Å². The molecule has 0 saturated carbocycles. The lowest BCUT2D eigenvalue weighted by atomic mass is 10.2. The van der Waals surface area contributed by atoms with E-state index in [1.807, 2.05) is 64.1 Å². The third kappa shape index (κ3) is 6.61. The molecular formula is C17H24O2. The number of ether oxygens (including phenoxy) is 1. The Morgan fingerprint density at radius 2 is 1.63 bits per heavy atom. The van der Waals surface area contributed by atoms with E-state index in [9.17, 15) is 4.79 Å². The number of carbonyl (C=O) groups excluding carboxylic acids is 1. The van der Waals surface area contributed by atoms with Gasteiger partial charge in [0, 0.05) is 0 Å². The van der Waals surface area contributed by atoms with Crippen LogP contribution in [0.4, 0.5) is 0 Å². The summed E-state index contributed by atoms with van der Waals surface area (Å²) in [5.74, 6) is 0.350. The predicted molar refractivity (Wildman–Crippen MR) is 81.0 cm³/mol. The van der Waals surface area contributed by atoms with Crippen LogP contribution in [0.5, 0.6) is 0 Å². The molecule has 0 heterocycles. The summed E-state index contributed by atoms with van der Waals surface area (Å²) in [7, 11) is 0. The molecule has 2 rings (SSSR count). The summed E-state index contributed by atoms with van der Waals surface area (Å²) in [4.78, 5) is 11.6. The lowest BCUT2D eigenvalue weighted by Gasteiger charge is -2.07. The number of benzene rings is 1. The number of allylic oxidation sites excluding steroid dienone is 3. The quantitative estimate of drug-likeness (QED) is 0.689. The Kier molecular flexibility index (Phi) is 10.2. The molecule has 2 nitrogen and oxygen atoms in total. The van der Waals surface area contributed by atoms with Gasteiger partial charge in [-0.3, -0.25) is 0 Å². The molecule has 104 valence electrons. The zero-order chi connectivity index (χ0) is 14.5. The van der Waals surface area contributed by atoms with E-state index in [-0.39, 0.29) is 5.97 Å². The fraction of sp³-hybridized carbons (Fsp3) is 0.353. The highest BCUT2D eigenvalue weighted by Gasteiger charge is 2.08. The van der Waals surface area contributed by atoms with Crippen molar-refractivity contribution in [1.82, 2.24) is 0 Å². The van der Waals surface area contributed by atoms with Crippen molar-refractivity contribution < 1.29 is 9.53 Å². The van der Waals surface area contributed by atoms with E-state index in [2.05, 4.69) is 0 Å². The molecule has 1 aliphatic rings. The second-order valence-electron chi connectivity index (χ2n) is 3.34. The molecule has 1 aliphatic carbocycles. The third-order valence-corrected chi connectivity index (χ3v) is 2.18. The van der Waals surface area contributed by atoms with Gasteiger partial charge in [-0.1, -0.05) is 52.0 Å². The summed E-state index contributed by atoms with van der Waals surface area (Å²) in [6.07, 6.45) is 7.74. The predicted octanol–water partition coefficient (Wildman–Crippen LogP) is 5.13. The van der Waals surface area contributed by atoms with E-state index in [1.165, 1.54) is 0 Å². The maximum atomic E-state index is 11.6. The van der Waals surface area contributed by atoms with Crippen LogP contribution in [0, 0.1) is 0 Å². The zero-order valence-corrected chi connectivity index (χ0v) is 12.3. The number of esters is 1. The minimum absolute atomic E-state index is 0.298. The first-order valence-electron chi connectivity index (χ1n) is 7.00. The summed E-state index contributed by atoms with van der Waals surface area (Å²) in [5, 5.41) is 0. The fourth-order valence-electron chi connectivity index (χ4n) is 1.41. The molecule has 0 amide bonds. The lowest BCUT2D eigenvalue weighted by Crippen LogP contribution is -2.04. The lowest BCUT2D eigenvalue weighted by molar-refractivity contribution is 0.0635. The number of rotatable bonds is 2. The molecule has 0 atom stereocenters. The summed E-state index contributed by atoms with van der Waals surface area (Å²) in [6, 6.07) is 9.00. The average molecular weight is 260 g/mol. The standard InChI is InChI=1S/C13H12O2.2C2H6/c14-13(11-7-3-1-4-8-11)15-12-9-5-2-6-10-12;2*1-2/h1,3-5,7-10H,2,6H2;2*1-2H3. The van der Waals surface area contributed by atoms with Gasteiger partial charge in [0.1, 0.15) is 5.76 Å². The molecule has 0 unspecified atom stereocenters. The van der Waals surface area contributed by atoms with Gasteiger partial charge in [-0.25, -0.2) is 4.79 Å². The number of hydrogen-bond acceptors (Lipinski definition) is 2. The van der Waals surface area contributed by atoms with E-state index < -0.39 is 0 Å². The molecular weight excluding hydrogens is 236 g/mol. The van der Waals surface area contributed by atoms with E-state index in [0.717, 1.165) is 12.8 Å². The van der Waals surface area contributed by atoms with Crippen LogP contribution in [0.15, 0.2) is 54.3 Å². The van der Waals surface area contributed by atoms with Crippen molar-refractivity contribution in [2.45, 2.75) is 40.5 Å². The fourth-order valence-corrected chi connectivity index (χ4v) is 1.41. The van der Waals surface area contributed by atoms with Crippen molar-refractivity contribution in [2.75, 3.05) is 0 Å². The second-order valence-corrected chi connectivity index (χ2v) is 3.34. The van der Waals surface area contributed by atoms with Crippen LogP contribution in [0.25, 0.3) is 0 Å². The highest BCUT2D eigenvalue weighted by atomic mass is 16.5. The average Bonchev–Trinajstić information content (AvgIpc) is 2.53. The van der Waals surface area contributed by atoms with Crippen LogP contribution in [0.2, 0.25) is 0 Å². The summed E-state index contributed by atoms with van der Waals surface area (Å²) in [6.45, 7) is 8.00. The van der Waals surface area contributed by atoms with Gasteiger partial charge >= 0.3 is 5.97 Å². The molecule has 0 aromatic heterocycles. The van der Waals surface area contributed by atoms with E-state index in [1.54, 1.807) is 12.1 Å². The molecule has 0 bridgehead atoms. The first-order valence-corrected chi connectivity index (χ1v) is 7.00. The molecule has 0 spiro atoms. The monoisotopic (exact) mass is 260 g/mol. The molecule has 0 saturated heterocycles. The largest absolute Gasteiger partial charge is 0.423 e. The molecule has 0 fully saturated rings. The minimum Gasteiger partial charge on any atom is -0.423 e. The number of hydrogen-bond donors (Lipinski definition) is 0. The van der Waals surface area contributed by atoms with Crippen molar-refractivity contribution in [2.24, 2.45) is 0 Å². The maximum absolute atomic E-state index is 11.6. The summed E-state index contributed by atoms with van der Waals surface area (Å²) >= 11 is 0. The SMILES string of the molecule is CC.CC.O=C(OC1=CCCC=C1)c1ccccc1. The van der Waals surface area contributed by atoms with Crippen LogP contribution in [0.1, 0.15) is 50.9 Å². The van der Waals surface area contributed by atoms with Crippen molar-refractivity contribution in [1.29, 1.82) is 0 Å². The molecule has 1 aromatic carbocycles. The van der Waals surface area contributed by atoms with Crippen molar-refractivity contribution >= 4 is 5.97 Å². The Morgan fingerprint density at radius 1 is 1.00 bits per heavy atom. The van der Waals surface area contributed by atoms with Crippen LogP contribution in [-0.4, -0.2) is 5.97 Å². The molecule has 19 heavy (non-hydrogen) atoms. The van der Waals surface area contributed by atoms with Crippen LogP contribution in [0.3, 0.4) is 0 Å². The Balaban J connectivity index is 0.000000741. The van der Waals surface area contributed by atoms with Crippen molar-refractivity contribution in [3.05, 3.63) is 59.9 Å². The smallest absolute Gasteiger partial charge is 0.343 e. The van der Waals surface area contributed by atoms with Gasteiger partial charge in [0.15, 0.2) is 0 Å². The third-order valence-electron chi connectivity index (χ3n) is 2.18. The van der Waals surface area contributed by atoms with Crippen molar-refractivity contribution in [3.8, 4) is 0 Å². The highest BCUT2D eigenvalue weighted by molar-refractivity contribution is 5.90. The molecule has 0 N–H and O–H groups in total. The Morgan fingerprint density at radius 3 is 2.16 bits per heavy atom. The summed E-state index contributed by atoms with van der Waals surface area (Å²) < 4.78 is 5.21. The molecule has 0 aliphatic heterocycles. The van der Waals surface area contributed by atoms with Gasteiger partial charge in [-0.2, -0.15) is 0 Å². The topological polar surface area (TPSA) is 26.3 Å². The highest BCUT2D eigenvalue weighted by Crippen LogP contribution is 2.13. The van der Waals surface area contributed by atoms with Gasteiger partial charge < -0.3 is 4.74 Å². The second kappa shape index (κ2) is 11.3. The maximum Gasteiger partial charge on any atom is 0.343 e. The van der Waals surface area contributed by atoms with E-state index in [0.29, 0.717) is 11.3 Å². The molecule has 2 heteroatoms. The van der Waals surface area contributed by atoms with Gasteiger partial charge in [0.2, 0.25) is 0 Å². The van der Waals surface area contributed by atoms with Gasteiger partial charge in [0.25, 0.3) is 0 Å². The Labute approximate surface area is 116 Å². The minimum atomic E-state index is -0.298. The van der Waals surface area contributed by atoms with Crippen LogP contribution >= 0.6 is 0 Å². The molecule has 1 aromatic rings. The first-order chi connectivity index (χ1) is 9.36. The van der Waals surface area contributed by atoms with Gasteiger partial charge in [-0.05, 0) is 37.1 Å². The Hall–Kier alpha value is -1.83. The normalized spacial score (nSPS) is 12.1. The van der Waals surface area contributed by atoms with E-state index in [4.69, 9.17) is 4.74 Å². The Bertz CT molecular complexity index is 403. The van der Waals surface area contributed by atoms with Crippen molar-refractivity contribution in [3.63, 3.8) is 0 Å².